The van der Waals surface area contributed by atoms with Gasteiger partial charge in [0.2, 0.25) is 0 Å². The molecule has 0 unspecified atom stereocenters. The maximum atomic E-state index is 4.24. The van der Waals surface area contributed by atoms with E-state index in [0.29, 0.717) is 0 Å². The first-order valence-corrected chi connectivity index (χ1v) is 6.70. The van der Waals surface area contributed by atoms with Gasteiger partial charge >= 0.3 is 0 Å². The number of hydrogen-bond acceptors (Lipinski definition) is 4. The van der Waals surface area contributed by atoms with Gasteiger partial charge in [-0.15, -0.1) is 22.7 Å². The second kappa shape index (κ2) is 5.18. The summed E-state index contributed by atoms with van der Waals surface area (Å²) in [6, 6.07) is 8.16. The average Bonchev–Trinajstić information content (AvgIpc) is 2.95. The molecule has 2 aromatic heterocycles. The van der Waals surface area contributed by atoms with Gasteiger partial charge in [-0.2, -0.15) is 10.2 Å². The third-order valence-electron chi connectivity index (χ3n) is 2.11. The molecule has 0 aliphatic carbocycles. The third kappa shape index (κ3) is 2.65. The molecule has 0 aromatic carbocycles. The predicted octanol–water partition coefficient (Wildman–Crippen LogP) is 4.04. The molecule has 2 aromatic rings. The van der Waals surface area contributed by atoms with Crippen molar-refractivity contribution in [2.45, 2.75) is 13.8 Å². The van der Waals surface area contributed by atoms with Gasteiger partial charge < -0.3 is 0 Å². The van der Waals surface area contributed by atoms with E-state index in [-0.39, 0.29) is 0 Å². The number of hydrogen-bond donors (Lipinski definition) is 0. The Hall–Kier alpha value is -1.26. The van der Waals surface area contributed by atoms with Gasteiger partial charge in [0.1, 0.15) is 0 Å². The molecule has 16 heavy (non-hydrogen) atoms. The van der Waals surface area contributed by atoms with Crippen molar-refractivity contribution < 1.29 is 0 Å². The van der Waals surface area contributed by atoms with E-state index in [2.05, 4.69) is 22.3 Å². The lowest BCUT2D eigenvalue weighted by molar-refractivity contribution is 1.22. The number of thiophene rings is 2. The van der Waals surface area contributed by atoms with Crippen LogP contribution in [0, 0.1) is 0 Å². The molecule has 0 aliphatic heterocycles. The van der Waals surface area contributed by atoms with Gasteiger partial charge in [-0.05, 0) is 36.7 Å². The van der Waals surface area contributed by atoms with E-state index in [0.717, 1.165) is 11.4 Å². The zero-order valence-electron chi connectivity index (χ0n) is 9.18. The van der Waals surface area contributed by atoms with E-state index in [4.69, 9.17) is 0 Å². The minimum Gasteiger partial charge on any atom is -0.154 e. The van der Waals surface area contributed by atoms with Crippen LogP contribution in [-0.2, 0) is 0 Å². The van der Waals surface area contributed by atoms with Crippen LogP contribution in [0.3, 0.4) is 0 Å². The monoisotopic (exact) mass is 248 g/mol. The topological polar surface area (TPSA) is 24.7 Å². The number of nitrogens with zero attached hydrogens (tertiary/aromatic N) is 2. The lowest BCUT2D eigenvalue weighted by Crippen LogP contribution is -1.92. The fraction of sp³-hybridized carbons (Fsp3) is 0.167. The highest BCUT2D eigenvalue weighted by Gasteiger charge is 1.99. The molecule has 0 saturated carbocycles. The first-order chi connectivity index (χ1) is 7.77. The van der Waals surface area contributed by atoms with Crippen molar-refractivity contribution in [3.8, 4) is 0 Å². The van der Waals surface area contributed by atoms with E-state index in [1.807, 2.05) is 36.7 Å². The first-order valence-electron chi connectivity index (χ1n) is 4.94. The Bertz CT molecular complexity index is 445. The minimum absolute atomic E-state index is 0.964. The Balaban J connectivity index is 2.17. The van der Waals surface area contributed by atoms with Gasteiger partial charge in [0.05, 0.1) is 21.2 Å². The molecule has 0 bridgehead atoms. The van der Waals surface area contributed by atoms with E-state index < -0.39 is 0 Å². The van der Waals surface area contributed by atoms with Crippen molar-refractivity contribution in [2.24, 2.45) is 10.2 Å². The van der Waals surface area contributed by atoms with Crippen LogP contribution in [0.2, 0.25) is 0 Å². The highest BCUT2D eigenvalue weighted by Crippen LogP contribution is 2.12. The van der Waals surface area contributed by atoms with E-state index in [9.17, 15) is 0 Å². The van der Waals surface area contributed by atoms with Gasteiger partial charge in [-0.3, -0.25) is 0 Å². The quantitative estimate of drug-likeness (QED) is 0.578. The van der Waals surface area contributed by atoms with Crippen molar-refractivity contribution in [1.82, 2.24) is 0 Å². The molecule has 0 saturated heterocycles. The molecule has 2 heterocycles. The lowest BCUT2D eigenvalue weighted by Gasteiger charge is -1.94. The average molecular weight is 248 g/mol. The van der Waals surface area contributed by atoms with Gasteiger partial charge in [-0.1, -0.05) is 12.1 Å². The zero-order chi connectivity index (χ0) is 11.4. The highest BCUT2D eigenvalue weighted by molar-refractivity contribution is 7.12. The summed E-state index contributed by atoms with van der Waals surface area (Å²) in [5.74, 6) is 0. The van der Waals surface area contributed by atoms with Crippen LogP contribution in [0.15, 0.2) is 45.2 Å². The van der Waals surface area contributed by atoms with Crippen molar-refractivity contribution >= 4 is 34.1 Å². The van der Waals surface area contributed by atoms with Crippen molar-refractivity contribution in [3.63, 3.8) is 0 Å². The summed E-state index contributed by atoms with van der Waals surface area (Å²) in [4.78, 5) is 2.34. The van der Waals surface area contributed by atoms with Crippen molar-refractivity contribution in [1.29, 1.82) is 0 Å². The summed E-state index contributed by atoms with van der Waals surface area (Å²) in [5.41, 5.74) is 1.93. The Morgan fingerprint density at radius 1 is 0.875 bits per heavy atom. The van der Waals surface area contributed by atoms with Gasteiger partial charge in [0.15, 0.2) is 0 Å². The molecule has 0 amide bonds. The SMILES string of the molecule is C/C(=N/N=C(\C)c1cccs1)c1cccs1. The Labute approximate surface area is 103 Å². The van der Waals surface area contributed by atoms with Crippen LogP contribution < -0.4 is 0 Å². The summed E-state index contributed by atoms with van der Waals surface area (Å²) >= 11 is 3.37. The molecular formula is C12H12N2S2. The Morgan fingerprint density at radius 2 is 1.31 bits per heavy atom. The molecule has 2 rings (SSSR count). The van der Waals surface area contributed by atoms with Gasteiger partial charge in [0, 0.05) is 0 Å². The summed E-state index contributed by atoms with van der Waals surface area (Å²) < 4.78 is 0. The van der Waals surface area contributed by atoms with Crippen LogP contribution in [-0.4, -0.2) is 11.4 Å². The molecule has 4 heteroatoms. The summed E-state index contributed by atoms with van der Waals surface area (Å²) in [6.07, 6.45) is 0. The van der Waals surface area contributed by atoms with Crippen LogP contribution in [0.4, 0.5) is 0 Å². The smallest absolute Gasteiger partial charge is 0.0771 e. The van der Waals surface area contributed by atoms with Crippen LogP contribution >= 0.6 is 22.7 Å². The molecule has 0 aliphatic rings. The summed E-state index contributed by atoms with van der Waals surface area (Å²) in [7, 11) is 0. The highest BCUT2D eigenvalue weighted by atomic mass is 32.1. The number of rotatable bonds is 3. The zero-order valence-corrected chi connectivity index (χ0v) is 10.8. The van der Waals surface area contributed by atoms with Crippen LogP contribution in [0.5, 0.6) is 0 Å². The molecule has 0 atom stereocenters. The third-order valence-corrected chi connectivity index (χ3v) is 4.06. The van der Waals surface area contributed by atoms with Crippen LogP contribution in [0.1, 0.15) is 23.6 Å². The Kier molecular flexibility index (Phi) is 3.64. The molecule has 2 nitrogen and oxygen atoms in total. The maximum Gasteiger partial charge on any atom is 0.0771 e. The molecule has 0 spiro atoms. The minimum atomic E-state index is 0.964. The molecule has 82 valence electrons. The lowest BCUT2D eigenvalue weighted by atomic mass is 10.3. The van der Waals surface area contributed by atoms with E-state index in [1.165, 1.54) is 9.75 Å². The van der Waals surface area contributed by atoms with Crippen LogP contribution in [0.25, 0.3) is 0 Å². The Morgan fingerprint density at radius 3 is 1.62 bits per heavy atom. The normalized spacial score (nSPS) is 13.1. The predicted molar refractivity (Wildman–Crippen MR) is 73.1 cm³/mol. The van der Waals surface area contributed by atoms with E-state index in [1.54, 1.807) is 22.7 Å². The second-order valence-corrected chi connectivity index (χ2v) is 5.22. The molecule has 0 N–H and O–H groups in total. The van der Waals surface area contributed by atoms with Crippen molar-refractivity contribution in [3.05, 3.63) is 44.8 Å². The second-order valence-electron chi connectivity index (χ2n) is 3.33. The fourth-order valence-electron chi connectivity index (χ4n) is 1.22. The molecule has 0 radical (unpaired) electrons. The summed E-state index contributed by atoms with van der Waals surface area (Å²) in [6.45, 7) is 3.97. The standard InChI is InChI=1S/C12H12N2S2/c1-9(11-5-3-7-15-11)13-14-10(2)12-6-4-8-16-12/h3-8H,1-2H3/b13-9-,14-10+. The largest absolute Gasteiger partial charge is 0.154 e. The fourth-order valence-corrected chi connectivity index (χ4v) is 2.56. The van der Waals surface area contributed by atoms with Gasteiger partial charge in [0.25, 0.3) is 0 Å². The maximum absolute atomic E-state index is 4.24. The van der Waals surface area contributed by atoms with E-state index >= 15 is 0 Å². The van der Waals surface area contributed by atoms with Gasteiger partial charge in [-0.25, -0.2) is 0 Å². The van der Waals surface area contributed by atoms with Crippen molar-refractivity contribution in [2.75, 3.05) is 0 Å². The molecular weight excluding hydrogens is 236 g/mol. The summed E-state index contributed by atoms with van der Waals surface area (Å²) in [5, 5.41) is 12.6. The molecule has 0 fully saturated rings. The first kappa shape index (κ1) is 11.2.